The lowest BCUT2D eigenvalue weighted by molar-refractivity contribution is 0.0527. The second kappa shape index (κ2) is 11.0. The van der Waals surface area contributed by atoms with Gasteiger partial charge in [0, 0.05) is 13.1 Å². The highest BCUT2D eigenvalue weighted by molar-refractivity contribution is 7.92. The lowest BCUT2D eigenvalue weighted by atomic mass is 9.87. The van der Waals surface area contributed by atoms with E-state index in [0.29, 0.717) is 37.2 Å². The number of anilines is 2. The van der Waals surface area contributed by atoms with Crippen LogP contribution < -0.4 is 15.4 Å². The van der Waals surface area contributed by atoms with E-state index in [1.807, 2.05) is 0 Å². The number of aromatic carboxylic acids is 1. The van der Waals surface area contributed by atoms with Crippen molar-refractivity contribution in [1.82, 2.24) is 5.32 Å². The molecule has 4 N–H and O–H groups in total. The maximum absolute atomic E-state index is 13.3. The number of ether oxygens (including phenoxy) is 1. The lowest BCUT2D eigenvalue weighted by Gasteiger charge is -2.21. The van der Waals surface area contributed by atoms with Gasteiger partial charge in [-0.2, -0.15) is 0 Å². The molecule has 0 atom stereocenters. The minimum atomic E-state index is -4.07. The number of sulfonamides is 1. The first kappa shape index (κ1) is 26.3. The zero-order chi connectivity index (χ0) is 25.6. The van der Waals surface area contributed by atoms with Gasteiger partial charge in [0.05, 0.1) is 16.9 Å². The number of carboxylic acids is 1. The number of hydrogen-bond donors (Lipinski definition) is 4. The van der Waals surface area contributed by atoms with Crippen molar-refractivity contribution >= 4 is 33.5 Å². The van der Waals surface area contributed by atoms with Gasteiger partial charge in [-0.05, 0) is 82.2 Å². The Bertz CT molecular complexity index is 1190. The molecule has 2 aromatic carbocycles. The van der Waals surface area contributed by atoms with Gasteiger partial charge in [-0.3, -0.25) is 4.72 Å². The number of nitrogens with one attached hydrogen (secondary N) is 3. The van der Waals surface area contributed by atoms with Crippen molar-refractivity contribution in [3.63, 3.8) is 0 Å². The number of carboxylic acid groups (broad SMARTS) is 1. The Hall–Kier alpha value is -3.27. The summed E-state index contributed by atoms with van der Waals surface area (Å²) in [7, 11) is -4.07. The number of amides is 1. The van der Waals surface area contributed by atoms with Crippen LogP contribution in [0.3, 0.4) is 0 Å². The number of para-hydroxylation sites is 1. The molecule has 1 aliphatic rings. The third kappa shape index (κ3) is 7.11. The molecule has 0 unspecified atom stereocenters. The zero-order valence-electron chi connectivity index (χ0n) is 20.3. The summed E-state index contributed by atoms with van der Waals surface area (Å²) >= 11 is 0. The number of aryl methyl sites for hydroxylation is 1. The van der Waals surface area contributed by atoms with Gasteiger partial charge in [0.2, 0.25) is 0 Å². The van der Waals surface area contributed by atoms with E-state index in [-0.39, 0.29) is 16.1 Å². The molecule has 35 heavy (non-hydrogen) atoms. The van der Waals surface area contributed by atoms with Crippen molar-refractivity contribution in [2.45, 2.75) is 63.4 Å². The van der Waals surface area contributed by atoms with Gasteiger partial charge in [-0.15, -0.1) is 0 Å². The van der Waals surface area contributed by atoms with Crippen molar-refractivity contribution in [2.75, 3.05) is 23.1 Å². The molecule has 0 fully saturated rings. The minimum Gasteiger partial charge on any atom is -0.478 e. The van der Waals surface area contributed by atoms with Crippen LogP contribution in [0.5, 0.6) is 0 Å². The van der Waals surface area contributed by atoms with Crippen LogP contribution in [0.15, 0.2) is 41.3 Å². The molecular formula is C25H33N3O6S. The summed E-state index contributed by atoms with van der Waals surface area (Å²) in [5, 5.41) is 15.6. The molecular weight excluding hydrogens is 470 g/mol. The van der Waals surface area contributed by atoms with Gasteiger partial charge in [0.25, 0.3) is 10.0 Å². The number of benzene rings is 2. The molecule has 0 heterocycles. The lowest BCUT2D eigenvalue weighted by Crippen LogP contribution is -2.33. The summed E-state index contributed by atoms with van der Waals surface area (Å²) in [6.45, 7) is 6.10. The highest BCUT2D eigenvalue weighted by atomic mass is 32.2. The zero-order valence-corrected chi connectivity index (χ0v) is 21.1. The Morgan fingerprint density at radius 2 is 1.71 bits per heavy atom. The fourth-order valence-corrected chi connectivity index (χ4v) is 5.28. The first-order valence-corrected chi connectivity index (χ1v) is 13.2. The highest BCUT2D eigenvalue weighted by Crippen LogP contribution is 2.32. The van der Waals surface area contributed by atoms with E-state index in [4.69, 9.17) is 4.74 Å². The van der Waals surface area contributed by atoms with E-state index in [9.17, 15) is 23.1 Å². The van der Waals surface area contributed by atoms with Crippen LogP contribution in [0.1, 0.15) is 61.5 Å². The quantitative estimate of drug-likeness (QED) is 0.373. The Kier molecular flexibility index (Phi) is 8.26. The molecule has 0 radical (unpaired) electrons. The van der Waals surface area contributed by atoms with E-state index in [0.717, 1.165) is 24.8 Å². The molecule has 10 heteroatoms. The summed E-state index contributed by atoms with van der Waals surface area (Å²) in [6, 6.07) is 9.75. The maximum atomic E-state index is 13.3. The van der Waals surface area contributed by atoms with Gasteiger partial charge in [-0.1, -0.05) is 18.2 Å². The average Bonchev–Trinajstić information content (AvgIpc) is 2.77. The average molecular weight is 504 g/mol. The van der Waals surface area contributed by atoms with Crippen LogP contribution in [0.2, 0.25) is 0 Å². The van der Waals surface area contributed by atoms with Crippen molar-refractivity contribution < 1.29 is 27.9 Å². The second-order valence-corrected chi connectivity index (χ2v) is 11.1. The van der Waals surface area contributed by atoms with E-state index >= 15 is 0 Å². The van der Waals surface area contributed by atoms with Crippen molar-refractivity contribution in [3.05, 3.63) is 53.1 Å². The monoisotopic (exact) mass is 503 g/mol. The molecule has 1 amide bonds. The fourth-order valence-electron chi connectivity index (χ4n) is 4.02. The third-order valence-corrected chi connectivity index (χ3v) is 6.93. The standard InChI is InChI=1S/C25H33N3O6S/c1-25(2,3)34-24(31)27-16-8-15-26-19-11-6-7-12-21(19)35(32,33)28-20-14-13-17-9-4-5-10-18(17)22(20)23(29)30/h6-7,11-14,26,28H,4-5,8-10,15-16H2,1-3H3,(H,27,31)(H,29,30). The smallest absolute Gasteiger partial charge is 0.407 e. The summed E-state index contributed by atoms with van der Waals surface area (Å²) in [4.78, 5) is 23.8. The molecule has 1 aliphatic carbocycles. The molecule has 0 spiro atoms. The number of rotatable bonds is 9. The van der Waals surface area contributed by atoms with Crippen LogP contribution in [-0.4, -0.2) is 44.3 Å². The van der Waals surface area contributed by atoms with Gasteiger partial charge in [0.1, 0.15) is 10.5 Å². The molecule has 0 saturated carbocycles. The fraction of sp³-hybridized carbons (Fsp3) is 0.440. The first-order chi connectivity index (χ1) is 16.5. The minimum absolute atomic E-state index is 0.00848. The number of hydrogen-bond acceptors (Lipinski definition) is 6. The van der Waals surface area contributed by atoms with Crippen LogP contribution in [0.4, 0.5) is 16.2 Å². The second-order valence-electron chi connectivity index (χ2n) is 9.45. The molecule has 2 aromatic rings. The molecule has 0 bridgehead atoms. The summed E-state index contributed by atoms with van der Waals surface area (Å²) < 4.78 is 34.2. The van der Waals surface area contributed by atoms with Crippen LogP contribution >= 0.6 is 0 Å². The van der Waals surface area contributed by atoms with E-state index < -0.39 is 27.7 Å². The van der Waals surface area contributed by atoms with E-state index in [1.165, 1.54) is 12.1 Å². The summed E-state index contributed by atoms with van der Waals surface area (Å²) in [6.07, 6.45) is 3.29. The van der Waals surface area contributed by atoms with Crippen LogP contribution in [-0.2, 0) is 27.6 Å². The Morgan fingerprint density at radius 1 is 1.00 bits per heavy atom. The largest absolute Gasteiger partial charge is 0.478 e. The molecule has 9 nitrogen and oxygen atoms in total. The molecule has 3 rings (SSSR count). The van der Waals surface area contributed by atoms with Crippen molar-refractivity contribution in [1.29, 1.82) is 0 Å². The molecule has 0 saturated heterocycles. The van der Waals surface area contributed by atoms with E-state index in [2.05, 4.69) is 15.4 Å². The van der Waals surface area contributed by atoms with Gasteiger partial charge in [-0.25, -0.2) is 18.0 Å². The maximum Gasteiger partial charge on any atom is 0.407 e. The SMILES string of the molecule is CC(C)(C)OC(=O)NCCCNc1ccccc1S(=O)(=O)Nc1ccc2c(c1C(=O)O)CCCC2. The Balaban J connectivity index is 1.70. The number of fused-ring (bicyclic) bond motifs is 1. The predicted octanol–water partition coefficient (Wildman–Crippen LogP) is 4.39. The van der Waals surface area contributed by atoms with Crippen LogP contribution in [0.25, 0.3) is 0 Å². The number of alkyl carbamates (subject to hydrolysis) is 1. The molecule has 0 aliphatic heterocycles. The van der Waals surface area contributed by atoms with Crippen molar-refractivity contribution in [2.24, 2.45) is 0 Å². The number of carbonyl (C=O) groups is 2. The van der Waals surface area contributed by atoms with Gasteiger partial charge in [0.15, 0.2) is 0 Å². The Morgan fingerprint density at radius 3 is 2.43 bits per heavy atom. The van der Waals surface area contributed by atoms with Gasteiger partial charge < -0.3 is 20.5 Å². The van der Waals surface area contributed by atoms with Crippen LogP contribution in [0, 0.1) is 0 Å². The molecule has 190 valence electrons. The predicted molar refractivity (Wildman–Crippen MR) is 135 cm³/mol. The van der Waals surface area contributed by atoms with E-state index in [1.54, 1.807) is 45.0 Å². The Labute approximate surface area is 206 Å². The van der Waals surface area contributed by atoms with Gasteiger partial charge >= 0.3 is 12.1 Å². The molecule has 0 aromatic heterocycles. The summed E-state index contributed by atoms with van der Waals surface area (Å²) in [5.41, 5.74) is 1.54. The normalized spacial score (nSPS) is 13.5. The number of carbonyl (C=O) groups excluding carboxylic acids is 1. The first-order valence-electron chi connectivity index (χ1n) is 11.7. The van der Waals surface area contributed by atoms with Crippen molar-refractivity contribution in [3.8, 4) is 0 Å². The topological polar surface area (TPSA) is 134 Å². The summed E-state index contributed by atoms with van der Waals surface area (Å²) in [5.74, 6) is -1.15. The third-order valence-electron chi connectivity index (χ3n) is 5.50. The highest BCUT2D eigenvalue weighted by Gasteiger charge is 2.25.